The van der Waals surface area contributed by atoms with Crippen LogP contribution in [0.1, 0.15) is 35.6 Å². The first-order valence-corrected chi connectivity index (χ1v) is 5.22. The molecule has 0 aromatic carbocycles. The summed E-state index contributed by atoms with van der Waals surface area (Å²) >= 11 is 0. The standard InChI is InChI=1S/C11H17N3O3/c1-6-8(7(2)13-12-6)9(15)14(5)11(3,4)10(16)17/h1-5H3,(H,12,13)(H,16,17). The molecule has 2 N–H and O–H groups in total. The summed E-state index contributed by atoms with van der Waals surface area (Å²) in [7, 11) is 1.47. The van der Waals surface area contributed by atoms with E-state index in [1.807, 2.05) is 0 Å². The SMILES string of the molecule is Cc1n[nH]c(C)c1C(=O)N(C)C(C)(C)C(=O)O. The Morgan fingerprint density at radius 1 is 1.35 bits per heavy atom. The van der Waals surface area contributed by atoms with Gasteiger partial charge in [0.25, 0.3) is 5.91 Å². The van der Waals surface area contributed by atoms with E-state index in [2.05, 4.69) is 10.2 Å². The number of likely N-dealkylation sites (N-methyl/N-ethyl adjacent to an activating group) is 1. The molecule has 1 rings (SSSR count). The Balaban J connectivity index is 3.11. The molecule has 6 nitrogen and oxygen atoms in total. The second-order valence-corrected chi connectivity index (χ2v) is 4.54. The minimum Gasteiger partial charge on any atom is -0.480 e. The lowest BCUT2D eigenvalue weighted by molar-refractivity contribution is -0.147. The number of amides is 1. The average Bonchev–Trinajstić information content (AvgIpc) is 2.56. The van der Waals surface area contributed by atoms with Gasteiger partial charge in [-0.15, -0.1) is 0 Å². The Morgan fingerprint density at radius 3 is 2.24 bits per heavy atom. The Labute approximate surface area is 99.6 Å². The predicted octanol–water partition coefficient (Wildman–Crippen LogP) is 0.962. The van der Waals surface area contributed by atoms with Crippen LogP contribution in [-0.4, -0.2) is 44.7 Å². The number of carbonyl (C=O) groups excluding carboxylic acids is 1. The average molecular weight is 239 g/mol. The third-order valence-corrected chi connectivity index (χ3v) is 3.01. The number of carboxylic acid groups (broad SMARTS) is 1. The number of aryl methyl sites for hydroxylation is 2. The molecule has 0 unspecified atom stereocenters. The van der Waals surface area contributed by atoms with Gasteiger partial charge in [0.15, 0.2) is 0 Å². The molecule has 0 aliphatic heterocycles. The normalized spacial score (nSPS) is 11.4. The van der Waals surface area contributed by atoms with E-state index < -0.39 is 11.5 Å². The number of carbonyl (C=O) groups is 2. The minimum absolute atomic E-state index is 0.346. The van der Waals surface area contributed by atoms with Crippen LogP contribution in [0.25, 0.3) is 0 Å². The van der Waals surface area contributed by atoms with Crippen molar-refractivity contribution in [3.63, 3.8) is 0 Å². The van der Waals surface area contributed by atoms with Crippen LogP contribution >= 0.6 is 0 Å². The zero-order valence-corrected chi connectivity index (χ0v) is 10.7. The van der Waals surface area contributed by atoms with E-state index in [0.29, 0.717) is 17.0 Å². The third-order valence-electron chi connectivity index (χ3n) is 3.01. The van der Waals surface area contributed by atoms with Gasteiger partial charge in [0.2, 0.25) is 0 Å². The lowest BCUT2D eigenvalue weighted by Gasteiger charge is -2.31. The number of hydrogen-bond donors (Lipinski definition) is 2. The Hall–Kier alpha value is -1.85. The van der Waals surface area contributed by atoms with Gasteiger partial charge in [0.1, 0.15) is 5.54 Å². The van der Waals surface area contributed by atoms with Crippen molar-refractivity contribution in [3.8, 4) is 0 Å². The fourth-order valence-electron chi connectivity index (χ4n) is 1.43. The van der Waals surface area contributed by atoms with Crippen LogP contribution in [0.3, 0.4) is 0 Å². The topological polar surface area (TPSA) is 86.3 Å². The highest BCUT2D eigenvalue weighted by atomic mass is 16.4. The van der Waals surface area contributed by atoms with Crippen molar-refractivity contribution in [2.45, 2.75) is 33.2 Å². The molecule has 1 aromatic heterocycles. The van der Waals surface area contributed by atoms with Crippen molar-refractivity contribution in [2.75, 3.05) is 7.05 Å². The first-order valence-electron chi connectivity index (χ1n) is 5.22. The number of nitrogens with one attached hydrogen (secondary N) is 1. The van der Waals surface area contributed by atoms with Gasteiger partial charge in [-0.05, 0) is 27.7 Å². The highest BCUT2D eigenvalue weighted by Crippen LogP contribution is 2.19. The first-order chi connectivity index (χ1) is 7.69. The summed E-state index contributed by atoms with van der Waals surface area (Å²) in [6.45, 7) is 6.41. The lowest BCUT2D eigenvalue weighted by atomic mass is 10.0. The molecule has 94 valence electrons. The molecule has 0 aliphatic rings. The molecule has 0 atom stereocenters. The molecule has 0 aliphatic carbocycles. The van der Waals surface area contributed by atoms with Crippen LogP contribution in [0.15, 0.2) is 0 Å². The molecule has 1 aromatic rings. The van der Waals surface area contributed by atoms with E-state index in [4.69, 9.17) is 5.11 Å². The van der Waals surface area contributed by atoms with Gasteiger partial charge < -0.3 is 10.0 Å². The second kappa shape index (κ2) is 4.20. The summed E-state index contributed by atoms with van der Waals surface area (Å²) in [5.41, 5.74) is 0.385. The maximum absolute atomic E-state index is 12.2. The number of nitrogens with zero attached hydrogens (tertiary/aromatic N) is 2. The van der Waals surface area contributed by atoms with Crippen LogP contribution in [0.5, 0.6) is 0 Å². The van der Waals surface area contributed by atoms with E-state index >= 15 is 0 Å². The van der Waals surface area contributed by atoms with Gasteiger partial charge in [0, 0.05) is 12.7 Å². The molecule has 0 saturated carbocycles. The number of aliphatic carboxylic acids is 1. The fourth-order valence-corrected chi connectivity index (χ4v) is 1.43. The number of carboxylic acids is 1. The molecular formula is C11H17N3O3. The van der Waals surface area contributed by atoms with Gasteiger partial charge in [0.05, 0.1) is 11.3 Å². The predicted molar refractivity (Wildman–Crippen MR) is 61.9 cm³/mol. The molecular weight excluding hydrogens is 222 g/mol. The first kappa shape index (κ1) is 13.2. The largest absolute Gasteiger partial charge is 0.480 e. The molecule has 1 heterocycles. The summed E-state index contributed by atoms with van der Waals surface area (Å²) in [6, 6.07) is 0. The Bertz CT molecular complexity index is 443. The van der Waals surface area contributed by atoms with Crippen LogP contribution in [-0.2, 0) is 4.79 Å². The van der Waals surface area contributed by atoms with E-state index in [1.165, 1.54) is 25.8 Å². The molecule has 0 saturated heterocycles. The maximum Gasteiger partial charge on any atom is 0.329 e. The molecule has 0 spiro atoms. The highest BCUT2D eigenvalue weighted by Gasteiger charge is 2.36. The van der Waals surface area contributed by atoms with Gasteiger partial charge in [-0.1, -0.05) is 0 Å². The smallest absolute Gasteiger partial charge is 0.329 e. The highest BCUT2D eigenvalue weighted by molar-refractivity contribution is 5.99. The van der Waals surface area contributed by atoms with Crippen molar-refractivity contribution in [2.24, 2.45) is 0 Å². The van der Waals surface area contributed by atoms with Crippen LogP contribution < -0.4 is 0 Å². The van der Waals surface area contributed by atoms with Crippen molar-refractivity contribution in [1.82, 2.24) is 15.1 Å². The number of rotatable bonds is 3. The van der Waals surface area contributed by atoms with Crippen molar-refractivity contribution in [3.05, 3.63) is 17.0 Å². The van der Waals surface area contributed by atoms with E-state index in [9.17, 15) is 9.59 Å². The minimum atomic E-state index is -1.26. The quantitative estimate of drug-likeness (QED) is 0.822. The van der Waals surface area contributed by atoms with Gasteiger partial charge in [-0.2, -0.15) is 5.10 Å². The molecule has 0 radical (unpaired) electrons. The number of aromatic nitrogens is 2. The van der Waals surface area contributed by atoms with Crippen molar-refractivity contribution in [1.29, 1.82) is 0 Å². The molecule has 17 heavy (non-hydrogen) atoms. The van der Waals surface area contributed by atoms with Crippen LogP contribution in [0.4, 0.5) is 0 Å². The van der Waals surface area contributed by atoms with Crippen LogP contribution in [0, 0.1) is 13.8 Å². The third kappa shape index (κ3) is 2.15. The van der Waals surface area contributed by atoms with Crippen LogP contribution in [0.2, 0.25) is 0 Å². The summed E-state index contributed by atoms with van der Waals surface area (Å²) in [6.07, 6.45) is 0. The second-order valence-electron chi connectivity index (χ2n) is 4.54. The number of H-pyrrole nitrogens is 1. The number of hydrogen-bond acceptors (Lipinski definition) is 3. The zero-order chi connectivity index (χ0) is 13.4. The summed E-state index contributed by atoms with van der Waals surface area (Å²) < 4.78 is 0. The zero-order valence-electron chi connectivity index (χ0n) is 10.7. The Morgan fingerprint density at radius 2 is 1.88 bits per heavy atom. The van der Waals surface area contributed by atoms with Crippen molar-refractivity contribution < 1.29 is 14.7 Å². The van der Waals surface area contributed by atoms with E-state index in [0.717, 1.165) is 0 Å². The van der Waals surface area contributed by atoms with Gasteiger partial charge in [-0.25, -0.2) is 4.79 Å². The Kier molecular flexibility index (Phi) is 3.26. The summed E-state index contributed by atoms with van der Waals surface area (Å²) in [4.78, 5) is 24.5. The molecule has 0 fully saturated rings. The number of aromatic amines is 1. The molecule has 0 bridgehead atoms. The summed E-state index contributed by atoms with van der Waals surface area (Å²) in [5, 5.41) is 15.7. The van der Waals surface area contributed by atoms with E-state index in [-0.39, 0.29) is 5.91 Å². The lowest BCUT2D eigenvalue weighted by Crippen LogP contribution is -2.51. The fraction of sp³-hybridized carbons (Fsp3) is 0.545. The monoisotopic (exact) mass is 239 g/mol. The van der Waals surface area contributed by atoms with Gasteiger partial charge >= 0.3 is 5.97 Å². The van der Waals surface area contributed by atoms with Gasteiger partial charge in [-0.3, -0.25) is 9.89 Å². The summed E-state index contributed by atoms with van der Waals surface area (Å²) in [5.74, 6) is -1.40. The molecule has 6 heteroatoms. The molecule has 1 amide bonds. The maximum atomic E-state index is 12.2. The van der Waals surface area contributed by atoms with E-state index in [1.54, 1.807) is 13.8 Å². The van der Waals surface area contributed by atoms with Crippen molar-refractivity contribution >= 4 is 11.9 Å².